The molecule has 4 aliphatic rings. The predicted octanol–water partition coefficient (Wildman–Crippen LogP) is 2.16. The maximum Gasteiger partial charge on any atom is 0.416 e. The first-order valence-corrected chi connectivity index (χ1v) is 8.93. The average Bonchev–Trinajstić information content (AvgIpc) is 2.95. The number of hydrogen-bond donors (Lipinski definition) is 2. The second-order valence-electron chi connectivity index (χ2n) is 6.73. The first-order chi connectivity index (χ1) is 13.0. The zero-order valence-corrected chi connectivity index (χ0v) is 14.7. The summed E-state index contributed by atoms with van der Waals surface area (Å²) in [6.45, 7) is 2.72. The normalized spacial score (nSPS) is 25.1. The summed E-state index contributed by atoms with van der Waals surface area (Å²) in [6, 6.07) is -0.993. The number of hydrogen-bond acceptors (Lipinski definition) is 6. The van der Waals surface area contributed by atoms with E-state index in [0.717, 1.165) is 37.2 Å². The Morgan fingerprint density at radius 1 is 1.26 bits per heavy atom. The third kappa shape index (κ3) is 4.13. The van der Waals surface area contributed by atoms with Gasteiger partial charge in [-0.25, -0.2) is 0 Å². The highest BCUT2D eigenvalue weighted by Crippen LogP contribution is 2.31. The average molecular weight is 382 g/mol. The summed E-state index contributed by atoms with van der Waals surface area (Å²) in [4.78, 5) is 6.46. The lowest BCUT2D eigenvalue weighted by molar-refractivity contribution is -0.0959. The van der Waals surface area contributed by atoms with E-state index in [4.69, 9.17) is 9.47 Å². The van der Waals surface area contributed by atoms with Crippen LogP contribution in [0.5, 0.6) is 0 Å². The summed E-state index contributed by atoms with van der Waals surface area (Å²) in [5.74, 6) is 1.97. The van der Waals surface area contributed by atoms with E-state index in [1.807, 2.05) is 6.08 Å². The molecule has 9 heteroatoms. The van der Waals surface area contributed by atoms with Gasteiger partial charge in [-0.15, -0.1) is 0 Å². The van der Waals surface area contributed by atoms with Crippen molar-refractivity contribution in [2.24, 2.45) is 4.99 Å². The number of alkyl halides is 3. The molecule has 0 spiro atoms. The Labute approximate surface area is 155 Å². The van der Waals surface area contributed by atoms with Crippen molar-refractivity contribution in [1.29, 1.82) is 0 Å². The molecule has 27 heavy (non-hydrogen) atoms. The molecule has 1 aliphatic carbocycles. The molecule has 0 bridgehead atoms. The minimum Gasteiger partial charge on any atom is -0.458 e. The van der Waals surface area contributed by atoms with Crippen LogP contribution in [0.2, 0.25) is 0 Å². The van der Waals surface area contributed by atoms with Crippen LogP contribution in [0.1, 0.15) is 12.8 Å². The summed E-state index contributed by atoms with van der Waals surface area (Å²) < 4.78 is 50.8. The highest BCUT2D eigenvalue weighted by Gasteiger charge is 2.40. The Hall–Kier alpha value is -2.42. The largest absolute Gasteiger partial charge is 0.458 e. The molecule has 0 amide bonds. The number of amidine groups is 1. The van der Waals surface area contributed by atoms with Crippen molar-refractivity contribution < 1.29 is 22.6 Å². The molecule has 0 aromatic rings. The number of nitrogens with one attached hydrogen (secondary N) is 2. The van der Waals surface area contributed by atoms with Crippen molar-refractivity contribution in [3.05, 3.63) is 47.2 Å². The monoisotopic (exact) mass is 382 g/mol. The fraction of sp³-hybridized carbons (Fsp3) is 0.500. The van der Waals surface area contributed by atoms with Gasteiger partial charge in [0.15, 0.2) is 5.76 Å². The zero-order chi connectivity index (χ0) is 18.9. The molecule has 3 aliphatic heterocycles. The fourth-order valence-corrected chi connectivity index (χ4v) is 3.21. The minimum atomic E-state index is -4.43. The van der Waals surface area contributed by atoms with Gasteiger partial charge in [0, 0.05) is 24.9 Å². The summed E-state index contributed by atoms with van der Waals surface area (Å²) in [6.07, 6.45) is 3.68. The molecular formula is C18H21F3N4O2. The molecule has 0 saturated carbocycles. The van der Waals surface area contributed by atoms with Gasteiger partial charge in [-0.2, -0.15) is 13.2 Å². The summed E-state index contributed by atoms with van der Waals surface area (Å²) >= 11 is 0. The van der Waals surface area contributed by atoms with Crippen LogP contribution in [0.15, 0.2) is 52.2 Å². The molecule has 0 aromatic heterocycles. The first kappa shape index (κ1) is 18.0. The van der Waals surface area contributed by atoms with E-state index in [2.05, 4.69) is 20.5 Å². The van der Waals surface area contributed by atoms with E-state index in [1.54, 1.807) is 12.2 Å². The number of likely N-dealkylation sites (tertiary alicyclic amines) is 1. The molecule has 1 unspecified atom stereocenters. The Morgan fingerprint density at radius 2 is 2.11 bits per heavy atom. The van der Waals surface area contributed by atoms with Crippen LogP contribution < -0.4 is 10.6 Å². The standard InChI is InChI=1S/C18H21F3N4O2/c19-18(20,21)13-8-23-17(10-25-6-1-7-25)24-14(13)9-22-12-2-4-15-16(5-3-12)27-11-26-15/h2-4,8,14,22H,1,5-7,9-11H2,(H,23,24). The highest BCUT2D eigenvalue weighted by molar-refractivity contribution is 5.86. The number of nitrogens with zero attached hydrogens (tertiary/aromatic N) is 2. The SMILES string of the molecule is FC(F)(F)C1=CNC(CN2CCC2)=NC1CNC1=CCC2=C(C=C1)OCO2. The summed E-state index contributed by atoms with van der Waals surface area (Å²) in [5, 5.41) is 5.78. The van der Waals surface area contributed by atoms with Crippen molar-refractivity contribution in [2.45, 2.75) is 25.1 Å². The molecule has 1 atom stereocenters. The minimum absolute atomic E-state index is 0.0546. The van der Waals surface area contributed by atoms with Gasteiger partial charge in [-0.3, -0.25) is 9.89 Å². The maximum atomic E-state index is 13.4. The number of allylic oxidation sites excluding steroid dienone is 3. The van der Waals surface area contributed by atoms with Crippen molar-refractivity contribution in [1.82, 2.24) is 15.5 Å². The third-order valence-electron chi connectivity index (χ3n) is 4.86. The molecular weight excluding hydrogens is 361 g/mol. The Balaban J connectivity index is 1.42. The van der Waals surface area contributed by atoms with Gasteiger partial charge < -0.3 is 20.1 Å². The van der Waals surface area contributed by atoms with E-state index < -0.39 is 17.8 Å². The lowest BCUT2D eigenvalue weighted by atomic mass is 10.1. The van der Waals surface area contributed by atoms with Gasteiger partial charge in [-0.05, 0) is 31.7 Å². The van der Waals surface area contributed by atoms with Gasteiger partial charge in [0.2, 0.25) is 6.79 Å². The molecule has 6 nitrogen and oxygen atoms in total. The number of ether oxygens (including phenoxy) is 2. The third-order valence-corrected chi connectivity index (χ3v) is 4.86. The van der Waals surface area contributed by atoms with E-state index in [9.17, 15) is 13.2 Å². The first-order valence-electron chi connectivity index (χ1n) is 8.93. The van der Waals surface area contributed by atoms with Gasteiger partial charge in [-0.1, -0.05) is 6.08 Å². The van der Waals surface area contributed by atoms with E-state index in [-0.39, 0.29) is 13.3 Å². The predicted molar refractivity (Wildman–Crippen MR) is 93.5 cm³/mol. The molecule has 146 valence electrons. The molecule has 4 rings (SSSR count). The van der Waals surface area contributed by atoms with Crippen LogP contribution in [0.25, 0.3) is 0 Å². The fourth-order valence-electron chi connectivity index (χ4n) is 3.21. The van der Waals surface area contributed by atoms with Crippen LogP contribution >= 0.6 is 0 Å². The maximum absolute atomic E-state index is 13.4. The van der Waals surface area contributed by atoms with Crippen LogP contribution in [0.4, 0.5) is 13.2 Å². The molecule has 0 radical (unpaired) electrons. The number of rotatable bonds is 5. The lowest BCUT2D eigenvalue weighted by Gasteiger charge is -2.33. The van der Waals surface area contributed by atoms with E-state index in [0.29, 0.717) is 24.6 Å². The van der Waals surface area contributed by atoms with Gasteiger partial charge in [0.25, 0.3) is 0 Å². The summed E-state index contributed by atoms with van der Waals surface area (Å²) in [5.41, 5.74) is 0.0454. The molecule has 0 aromatic carbocycles. The number of halogens is 3. The van der Waals surface area contributed by atoms with Crippen molar-refractivity contribution in [2.75, 3.05) is 33.0 Å². The Bertz CT molecular complexity index is 748. The quantitative estimate of drug-likeness (QED) is 0.763. The van der Waals surface area contributed by atoms with Gasteiger partial charge >= 0.3 is 6.18 Å². The lowest BCUT2D eigenvalue weighted by Crippen LogP contribution is -2.46. The molecule has 2 N–H and O–H groups in total. The zero-order valence-electron chi connectivity index (χ0n) is 14.7. The van der Waals surface area contributed by atoms with Crippen LogP contribution in [0, 0.1) is 0 Å². The second-order valence-corrected chi connectivity index (χ2v) is 6.73. The summed E-state index contributed by atoms with van der Waals surface area (Å²) in [7, 11) is 0. The van der Waals surface area contributed by atoms with E-state index in [1.165, 1.54) is 0 Å². The van der Waals surface area contributed by atoms with Gasteiger partial charge in [0.1, 0.15) is 17.6 Å². The van der Waals surface area contributed by atoms with E-state index >= 15 is 0 Å². The second kappa shape index (κ2) is 7.30. The topological polar surface area (TPSA) is 58.1 Å². The van der Waals surface area contributed by atoms with Crippen molar-refractivity contribution in [3.63, 3.8) is 0 Å². The molecule has 3 heterocycles. The molecule has 1 saturated heterocycles. The number of aliphatic imine (C=N–C) groups is 1. The van der Waals surface area contributed by atoms with Crippen LogP contribution in [-0.4, -0.2) is 55.9 Å². The Kier molecular flexibility index (Phi) is 4.86. The van der Waals surface area contributed by atoms with Crippen LogP contribution in [0.3, 0.4) is 0 Å². The smallest absolute Gasteiger partial charge is 0.416 e. The highest BCUT2D eigenvalue weighted by atomic mass is 19.4. The van der Waals surface area contributed by atoms with Crippen molar-refractivity contribution >= 4 is 5.84 Å². The molecule has 1 fully saturated rings. The Morgan fingerprint density at radius 3 is 2.85 bits per heavy atom. The van der Waals surface area contributed by atoms with Crippen molar-refractivity contribution in [3.8, 4) is 0 Å². The van der Waals surface area contributed by atoms with Crippen LogP contribution in [-0.2, 0) is 9.47 Å². The van der Waals surface area contributed by atoms with Gasteiger partial charge in [0.05, 0.1) is 12.1 Å².